The van der Waals surface area contributed by atoms with Crippen LogP contribution >= 0.6 is 0 Å². The summed E-state index contributed by atoms with van der Waals surface area (Å²) < 4.78 is 5.62. The van der Waals surface area contributed by atoms with E-state index in [1.165, 1.54) is 0 Å². The SMILES string of the molecule is N[C@@H](Cc1cnc[nH]1)c1nnc(Cc2ccccc2)o1. The summed E-state index contributed by atoms with van der Waals surface area (Å²) in [5, 5.41) is 8.06. The van der Waals surface area contributed by atoms with Gasteiger partial charge in [0.15, 0.2) is 0 Å². The van der Waals surface area contributed by atoms with E-state index in [9.17, 15) is 0 Å². The molecule has 0 saturated heterocycles. The summed E-state index contributed by atoms with van der Waals surface area (Å²) in [4.78, 5) is 6.96. The molecule has 0 fully saturated rings. The summed E-state index contributed by atoms with van der Waals surface area (Å²) in [6.45, 7) is 0. The molecule has 0 unspecified atom stereocenters. The van der Waals surface area contributed by atoms with Crippen molar-refractivity contribution < 1.29 is 4.42 Å². The van der Waals surface area contributed by atoms with Crippen LogP contribution in [0.15, 0.2) is 47.3 Å². The second-order valence-electron chi connectivity index (χ2n) is 4.58. The average molecular weight is 269 g/mol. The van der Waals surface area contributed by atoms with Crippen LogP contribution in [0.3, 0.4) is 0 Å². The molecule has 0 aliphatic rings. The lowest BCUT2D eigenvalue weighted by Gasteiger charge is -2.04. The Kier molecular flexibility index (Phi) is 3.56. The van der Waals surface area contributed by atoms with Gasteiger partial charge in [0.1, 0.15) is 0 Å². The lowest BCUT2D eigenvalue weighted by atomic mass is 10.1. The molecule has 3 aromatic rings. The highest BCUT2D eigenvalue weighted by Crippen LogP contribution is 2.15. The zero-order chi connectivity index (χ0) is 13.8. The number of nitrogens with one attached hydrogen (secondary N) is 1. The average Bonchev–Trinajstić information content (AvgIpc) is 3.11. The Hall–Kier alpha value is -2.47. The summed E-state index contributed by atoms with van der Waals surface area (Å²) >= 11 is 0. The van der Waals surface area contributed by atoms with Crippen LogP contribution in [0, 0.1) is 0 Å². The van der Waals surface area contributed by atoms with E-state index < -0.39 is 0 Å². The van der Waals surface area contributed by atoms with Gasteiger partial charge in [0.05, 0.1) is 18.8 Å². The molecule has 102 valence electrons. The minimum absolute atomic E-state index is 0.326. The number of hydrogen-bond donors (Lipinski definition) is 2. The third-order valence-electron chi connectivity index (χ3n) is 2.99. The van der Waals surface area contributed by atoms with Crippen molar-refractivity contribution in [1.29, 1.82) is 0 Å². The highest BCUT2D eigenvalue weighted by molar-refractivity contribution is 5.17. The summed E-state index contributed by atoms with van der Waals surface area (Å²) in [5.74, 6) is 1.02. The van der Waals surface area contributed by atoms with Gasteiger partial charge in [-0.3, -0.25) is 0 Å². The lowest BCUT2D eigenvalue weighted by molar-refractivity contribution is 0.421. The molecule has 0 aliphatic carbocycles. The van der Waals surface area contributed by atoms with Crippen LogP contribution in [0.4, 0.5) is 0 Å². The molecule has 2 heterocycles. The Labute approximate surface area is 116 Å². The number of hydrogen-bond acceptors (Lipinski definition) is 5. The van der Waals surface area contributed by atoms with Crippen molar-refractivity contribution in [2.45, 2.75) is 18.9 Å². The number of benzene rings is 1. The number of rotatable bonds is 5. The van der Waals surface area contributed by atoms with Crippen LogP contribution in [-0.4, -0.2) is 20.2 Å². The molecule has 6 heteroatoms. The van der Waals surface area contributed by atoms with Crippen molar-refractivity contribution in [3.05, 3.63) is 65.9 Å². The molecule has 0 saturated carbocycles. The van der Waals surface area contributed by atoms with Crippen LogP contribution in [0.2, 0.25) is 0 Å². The summed E-state index contributed by atoms with van der Waals surface area (Å²) in [6.07, 6.45) is 4.56. The minimum atomic E-state index is -0.326. The highest BCUT2D eigenvalue weighted by Gasteiger charge is 2.15. The molecule has 1 aromatic carbocycles. The number of imidazole rings is 1. The van der Waals surface area contributed by atoms with Crippen LogP contribution < -0.4 is 5.73 Å². The predicted molar refractivity (Wildman–Crippen MR) is 72.8 cm³/mol. The van der Waals surface area contributed by atoms with E-state index in [1.807, 2.05) is 30.3 Å². The van der Waals surface area contributed by atoms with Crippen molar-refractivity contribution in [2.24, 2.45) is 5.73 Å². The lowest BCUT2D eigenvalue weighted by Crippen LogP contribution is -2.14. The molecule has 0 radical (unpaired) electrons. The first-order valence-corrected chi connectivity index (χ1v) is 6.40. The third-order valence-corrected chi connectivity index (χ3v) is 2.99. The molecule has 20 heavy (non-hydrogen) atoms. The van der Waals surface area contributed by atoms with Crippen molar-refractivity contribution in [3.63, 3.8) is 0 Å². The van der Waals surface area contributed by atoms with Gasteiger partial charge in [0.2, 0.25) is 11.8 Å². The Morgan fingerprint density at radius 1 is 1.20 bits per heavy atom. The largest absolute Gasteiger partial charge is 0.423 e. The molecule has 0 bridgehead atoms. The van der Waals surface area contributed by atoms with Gasteiger partial charge in [-0.05, 0) is 5.56 Å². The van der Waals surface area contributed by atoms with Gasteiger partial charge in [-0.25, -0.2) is 4.98 Å². The number of aromatic nitrogens is 4. The van der Waals surface area contributed by atoms with Gasteiger partial charge in [0, 0.05) is 18.3 Å². The predicted octanol–water partition coefficient (Wildman–Crippen LogP) is 1.63. The molecule has 1 atom stereocenters. The molecular weight excluding hydrogens is 254 g/mol. The Balaban J connectivity index is 1.67. The second kappa shape index (κ2) is 5.66. The van der Waals surface area contributed by atoms with Crippen molar-refractivity contribution in [1.82, 2.24) is 20.2 Å². The zero-order valence-electron chi connectivity index (χ0n) is 10.9. The Morgan fingerprint density at radius 2 is 2.05 bits per heavy atom. The van der Waals surface area contributed by atoms with Gasteiger partial charge < -0.3 is 15.1 Å². The molecule has 3 N–H and O–H groups in total. The number of aromatic amines is 1. The van der Waals surface area contributed by atoms with Crippen molar-refractivity contribution in [3.8, 4) is 0 Å². The first-order chi connectivity index (χ1) is 9.81. The molecule has 3 rings (SSSR count). The highest BCUT2D eigenvalue weighted by atomic mass is 16.4. The quantitative estimate of drug-likeness (QED) is 0.734. The van der Waals surface area contributed by atoms with Gasteiger partial charge in [-0.1, -0.05) is 30.3 Å². The first-order valence-electron chi connectivity index (χ1n) is 6.40. The molecule has 2 aromatic heterocycles. The first kappa shape index (κ1) is 12.6. The van der Waals surface area contributed by atoms with E-state index in [0.29, 0.717) is 24.6 Å². The maximum absolute atomic E-state index is 6.05. The molecule has 0 spiro atoms. The standard InChI is InChI=1S/C14H15N5O/c15-12(7-11-8-16-9-17-11)14-19-18-13(20-14)6-10-4-2-1-3-5-10/h1-5,8-9,12H,6-7,15H2,(H,16,17)/t12-/m0/s1. The normalized spacial score (nSPS) is 12.4. The fourth-order valence-corrected chi connectivity index (χ4v) is 1.98. The smallest absolute Gasteiger partial charge is 0.233 e. The van der Waals surface area contributed by atoms with Gasteiger partial charge in [-0.2, -0.15) is 0 Å². The number of nitrogens with two attached hydrogens (primary N) is 1. The summed E-state index contributed by atoms with van der Waals surface area (Å²) in [6, 6.07) is 9.66. The summed E-state index contributed by atoms with van der Waals surface area (Å²) in [7, 11) is 0. The Morgan fingerprint density at radius 3 is 2.80 bits per heavy atom. The molecule has 6 nitrogen and oxygen atoms in total. The van der Waals surface area contributed by atoms with Crippen molar-refractivity contribution in [2.75, 3.05) is 0 Å². The zero-order valence-corrected chi connectivity index (χ0v) is 10.9. The Bertz CT molecular complexity index is 647. The van der Waals surface area contributed by atoms with Crippen LogP contribution in [0.1, 0.15) is 29.1 Å². The van der Waals surface area contributed by atoms with Crippen LogP contribution in [0.5, 0.6) is 0 Å². The van der Waals surface area contributed by atoms with Gasteiger partial charge >= 0.3 is 0 Å². The fourth-order valence-electron chi connectivity index (χ4n) is 1.98. The van der Waals surface area contributed by atoms with Gasteiger partial charge in [0.25, 0.3) is 0 Å². The molecule has 0 amide bonds. The minimum Gasteiger partial charge on any atom is -0.423 e. The van der Waals surface area contributed by atoms with E-state index in [4.69, 9.17) is 10.2 Å². The van der Waals surface area contributed by atoms with Gasteiger partial charge in [-0.15, -0.1) is 10.2 Å². The van der Waals surface area contributed by atoms with Crippen LogP contribution in [0.25, 0.3) is 0 Å². The topological polar surface area (TPSA) is 93.6 Å². The van der Waals surface area contributed by atoms with Crippen LogP contribution in [-0.2, 0) is 12.8 Å². The number of nitrogens with zero attached hydrogens (tertiary/aromatic N) is 3. The van der Waals surface area contributed by atoms with E-state index in [-0.39, 0.29) is 6.04 Å². The maximum Gasteiger partial charge on any atom is 0.233 e. The molecule has 0 aliphatic heterocycles. The summed E-state index contributed by atoms with van der Waals surface area (Å²) in [5.41, 5.74) is 8.12. The van der Waals surface area contributed by atoms with Crippen molar-refractivity contribution >= 4 is 0 Å². The maximum atomic E-state index is 6.05. The number of H-pyrrole nitrogens is 1. The third kappa shape index (κ3) is 2.92. The van der Waals surface area contributed by atoms with E-state index in [0.717, 1.165) is 11.3 Å². The van der Waals surface area contributed by atoms with E-state index in [1.54, 1.807) is 12.5 Å². The van der Waals surface area contributed by atoms with E-state index in [2.05, 4.69) is 20.2 Å². The monoisotopic (exact) mass is 269 g/mol. The second-order valence-corrected chi connectivity index (χ2v) is 4.58. The fraction of sp³-hybridized carbons (Fsp3) is 0.214. The molecular formula is C14H15N5O. The van der Waals surface area contributed by atoms with E-state index >= 15 is 0 Å².